The number of aromatic hydroxyl groups is 1. The van der Waals surface area contributed by atoms with Crippen molar-refractivity contribution in [2.75, 3.05) is 16.4 Å². The Bertz CT molecular complexity index is 1460. The number of phenolic OH excluding ortho intramolecular Hbond substituents is 1. The van der Waals surface area contributed by atoms with Gasteiger partial charge in [-0.15, -0.1) is 0 Å². The number of nitrogens with one attached hydrogen (secondary N) is 1. The number of rotatable bonds is 6. The molecule has 1 atom stereocenters. The zero-order valence-corrected chi connectivity index (χ0v) is 19.4. The van der Waals surface area contributed by atoms with Crippen LogP contribution in [-0.4, -0.2) is 26.6 Å². The molecule has 4 aromatic carbocycles. The van der Waals surface area contributed by atoms with Gasteiger partial charge in [0.2, 0.25) is 6.79 Å². The highest BCUT2D eigenvalue weighted by atomic mass is 32.2. The molecule has 8 nitrogen and oxygen atoms in total. The first kappa shape index (κ1) is 23.3. The van der Waals surface area contributed by atoms with E-state index in [4.69, 9.17) is 9.47 Å². The van der Waals surface area contributed by atoms with E-state index in [2.05, 4.69) is 5.32 Å². The zero-order chi connectivity index (χ0) is 25.2. The van der Waals surface area contributed by atoms with Crippen LogP contribution in [0, 0.1) is 5.82 Å². The number of carbonyl (C=O) groups is 1. The third kappa shape index (κ3) is 4.72. The number of hydrogen-bond acceptors (Lipinski definition) is 5. The highest BCUT2D eigenvalue weighted by Gasteiger charge is 2.20. The van der Waals surface area contributed by atoms with Crippen LogP contribution in [0.15, 0.2) is 84.9 Å². The molecule has 1 amide bonds. The first-order valence-electron chi connectivity index (χ1n) is 10.7. The van der Waals surface area contributed by atoms with E-state index < -0.39 is 23.0 Å². The molecule has 0 radical (unpaired) electrons. The minimum absolute atomic E-state index is 0.0432. The number of ether oxygens (including phenoxy) is 2. The van der Waals surface area contributed by atoms with Gasteiger partial charge >= 0.3 is 0 Å². The van der Waals surface area contributed by atoms with Gasteiger partial charge in [0.05, 0.1) is 5.69 Å². The summed E-state index contributed by atoms with van der Waals surface area (Å²) in [6, 6.07) is 21.5. The van der Waals surface area contributed by atoms with Crippen molar-refractivity contribution in [1.82, 2.24) is 0 Å². The van der Waals surface area contributed by atoms with Crippen LogP contribution in [0.3, 0.4) is 0 Å². The Kier molecular flexibility index (Phi) is 6.28. The van der Waals surface area contributed by atoms with Crippen molar-refractivity contribution in [1.29, 1.82) is 0 Å². The van der Waals surface area contributed by atoms with Crippen LogP contribution < -0.4 is 19.1 Å². The second kappa shape index (κ2) is 9.68. The SMILES string of the molecule is O=C(Nc1ccc(O)c(N(c2ccc(F)cc2)S(=O)O)c1)c1ccc(-c2ccc3c(c2)OCO3)cc1. The third-order valence-electron chi connectivity index (χ3n) is 5.52. The van der Waals surface area contributed by atoms with Crippen molar-refractivity contribution in [3.8, 4) is 28.4 Å². The topological polar surface area (TPSA) is 108 Å². The smallest absolute Gasteiger partial charge is 0.266 e. The van der Waals surface area contributed by atoms with Gasteiger partial charge in [-0.1, -0.05) is 18.2 Å². The second-order valence-corrected chi connectivity index (χ2v) is 8.63. The maximum atomic E-state index is 13.3. The van der Waals surface area contributed by atoms with Gasteiger partial charge in [0.1, 0.15) is 17.3 Å². The van der Waals surface area contributed by atoms with E-state index in [1.165, 1.54) is 30.3 Å². The summed E-state index contributed by atoms with van der Waals surface area (Å²) in [5.74, 6) is 0.120. The van der Waals surface area contributed by atoms with Crippen molar-refractivity contribution in [2.24, 2.45) is 0 Å². The molecule has 4 aromatic rings. The Morgan fingerprint density at radius 1 is 0.889 bits per heavy atom. The standard InChI is InChI=1S/C26H19FN2O6S/c27-19-6-9-21(10-7-19)29(36(32)33)22-14-20(8-11-23(22)30)28-26(31)17-3-1-16(2-4-17)18-5-12-24-25(13-18)35-15-34-24/h1-14,30H,15H2,(H,28,31)(H,32,33). The van der Waals surface area contributed by atoms with Gasteiger partial charge in [-0.3, -0.25) is 9.35 Å². The van der Waals surface area contributed by atoms with Crippen molar-refractivity contribution >= 4 is 34.2 Å². The highest BCUT2D eigenvalue weighted by Crippen LogP contribution is 2.37. The van der Waals surface area contributed by atoms with Crippen LogP contribution in [0.2, 0.25) is 0 Å². The average molecular weight is 507 g/mol. The van der Waals surface area contributed by atoms with E-state index in [0.29, 0.717) is 17.1 Å². The van der Waals surface area contributed by atoms with Gasteiger partial charge in [-0.25, -0.2) is 12.9 Å². The van der Waals surface area contributed by atoms with Crippen LogP contribution in [0.1, 0.15) is 10.4 Å². The number of nitrogens with zero attached hydrogens (tertiary/aromatic N) is 1. The third-order valence-corrected chi connectivity index (χ3v) is 6.24. The minimum Gasteiger partial charge on any atom is -0.506 e. The summed E-state index contributed by atoms with van der Waals surface area (Å²) >= 11 is -2.58. The Hall–Kier alpha value is -4.41. The summed E-state index contributed by atoms with van der Waals surface area (Å²) in [5.41, 5.74) is 2.60. The molecule has 3 N–H and O–H groups in total. The molecule has 0 aromatic heterocycles. The predicted octanol–water partition coefficient (Wildman–Crippen LogP) is 5.45. The number of hydrogen-bond donors (Lipinski definition) is 3. The van der Waals surface area contributed by atoms with E-state index >= 15 is 0 Å². The molecule has 1 aliphatic rings. The van der Waals surface area contributed by atoms with Crippen LogP contribution in [-0.2, 0) is 11.3 Å². The molecule has 1 unspecified atom stereocenters. The average Bonchev–Trinajstić information content (AvgIpc) is 3.35. The summed E-state index contributed by atoms with van der Waals surface area (Å²) in [6.07, 6.45) is 0. The van der Waals surface area contributed by atoms with E-state index in [1.807, 2.05) is 18.2 Å². The molecule has 1 heterocycles. The molecule has 0 bridgehead atoms. The quantitative estimate of drug-likeness (QED) is 0.237. The monoisotopic (exact) mass is 506 g/mol. The number of phenols is 1. The van der Waals surface area contributed by atoms with E-state index in [-0.39, 0.29) is 29.6 Å². The molecule has 1 aliphatic heterocycles. The Morgan fingerprint density at radius 3 is 2.31 bits per heavy atom. The number of benzene rings is 4. The maximum Gasteiger partial charge on any atom is 0.266 e. The molecular weight excluding hydrogens is 487 g/mol. The lowest BCUT2D eigenvalue weighted by atomic mass is 10.0. The number of fused-ring (bicyclic) bond motifs is 1. The minimum atomic E-state index is -2.58. The van der Waals surface area contributed by atoms with Gasteiger partial charge in [0.15, 0.2) is 11.5 Å². The lowest BCUT2D eigenvalue weighted by Crippen LogP contribution is -2.20. The lowest BCUT2D eigenvalue weighted by molar-refractivity contribution is 0.102. The first-order chi connectivity index (χ1) is 17.4. The Balaban J connectivity index is 1.36. The lowest BCUT2D eigenvalue weighted by Gasteiger charge is -2.21. The Labute approximate surface area is 207 Å². The molecule has 10 heteroatoms. The van der Waals surface area contributed by atoms with Crippen molar-refractivity contribution in [2.45, 2.75) is 0 Å². The maximum absolute atomic E-state index is 13.3. The second-order valence-electron chi connectivity index (χ2n) is 7.80. The van der Waals surface area contributed by atoms with E-state index in [1.54, 1.807) is 24.3 Å². The largest absolute Gasteiger partial charge is 0.506 e. The van der Waals surface area contributed by atoms with Crippen LogP contribution >= 0.6 is 0 Å². The fourth-order valence-corrected chi connectivity index (χ4v) is 4.36. The van der Waals surface area contributed by atoms with Gasteiger partial charge in [0.25, 0.3) is 17.2 Å². The summed E-state index contributed by atoms with van der Waals surface area (Å²) in [6.45, 7) is 0.187. The van der Waals surface area contributed by atoms with Crippen LogP contribution in [0.25, 0.3) is 11.1 Å². The fourth-order valence-electron chi connectivity index (χ4n) is 3.75. The van der Waals surface area contributed by atoms with Crippen LogP contribution in [0.5, 0.6) is 17.2 Å². The number of amides is 1. The molecular formula is C26H19FN2O6S. The molecule has 0 saturated carbocycles. The van der Waals surface area contributed by atoms with Crippen LogP contribution in [0.4, 0.5) is 21.5 Å². The molecule has 0 aliphatic carbocycles. The Morgan fingerprint density at radius 2 is 1.58 bits per heavy atom. The van der Waals surface area contributed by atoms with E-state index in [0.717, 1.165) is 27.6 Å². The zero-order valence-electron chi connectivity index (χ0n) is 18.6. The number of carbonyl (C=O) groups excluding carboxylic acids is 1. The van der Waals surface area contributed by atoms with Gasteiger partial charge in [0, 0.05) is 11.3 Å². The fraction of sp³-hybridized carbons (Fsp3) is 0.0385. The summed E-state index contributed by atoms with van der Waals surface area (Å²) in [5, 5.41) is 13.0. The highest BCUT2D eigenvalue weighted by molar-refractivity contribution is 7.81. The summed E-state index contributed by atoms with van der Waals surface area (Å²) in [4.78, 5) is 12.8. The van der Waals surface area contributed by atoms with Gasteiger partial charge < -0.3 is 19.9 Å². The van der Waals surface area contributed by atoms with Gasteiger partial charge in [-0.2, -0.15) is 0 Å². The number of halogens is 1. The first-order valence-corrected chi connectivity index (χ1v) is 11.8. The predicted molar refractivity (Wildman–Crippen MR) is 133 cm³/mol. The molecule has 36 heavy (non-hydrogen) atoms. The number of anilines is 3. The van der Waals surface area contributed by atoms with Crippen molar-refractivity contribution in [3.05, 3.63) is 96.3 Å². The summed E-state index contributed by atoms with van der Waals surface area (Å²) < 4.78 is 46.8. The van der Waals surface area contributed by atoms with Gasteiger partial charge in [-0.05, 0) is 77.9 Å². The molecule has 0 spiro atoms. The normalized spacial score (nSPS) is 12.7. The van der Waals surface area contributed by atoms with Crippen molar-refractivity contribution < 1.29 is 32.5 Å². The molecule has 182 valence electrons. The van der Waals surface area contributed by atoms with E-state index in [9.17, 15) is 23.1 Å². The molecule has 5 rings (SSSR count). The molecule has 0 saturated heterocycles. The molecule has 0 fully saturated rings. The summed E-state index contributed by atoms with van der Waals surface area (Å²) in [7, 11) is 0. The van der Waals surface area contributed by atoms with Crippen molar-refractivity contribution in [3.63, 3.8) is 0 Å².